The number of rotatable bonds is 4. The van der Waals surface area contributed by atoms with Gasteiger partial charge >= 0.3 is 5.97 Å². The molecular weight excluding hydrogens is 228 g/mol. The van der Waals surface area contributed by atoms with Crippen molar-refractivity contribution < 1.29 is 14.6 Å². The molecule has 3 nitrogen and oxygen atoms in total. The van der Waals surface area contributed by atoms with E-state index in [9.17, 15) is 4.79 Å². The summed E-state index contributed by atoms with van der Waals surface area (Å²) in [6.45, 7) is 2.10. The molecule has 0 amide bonds. The third-order valence-corrected chi connectivity index (χ3v) is 3.83. The Kier molecular flexibility index (Phi) is 3.90. The van der Waals surface area contributed by atoms with Gasteiger partial charge in [0.15, 0.2) is 0 Å². The van der Waals surface area contributed by atoms with Gasteiger partial charge < -0.3 is 9.84 Å². The van der Waals surface area contributed by atoms with Gasteiger partial charge in [-0.1, -0.05) is 0 Å². The predicted molar refractivity (Wildman–Crippen MR) is 70.3 cm³/mol. The Morgan fingerprint density at radius 3 is 2.78 bits per heavy atom. The molecule has 0 fully saturated rings. The molecule has 0 radical (unpaired) electrons. The van der Waals surface area contributed by atoms with E-state index in [0.29, 0.717) is 6.42 Å². The number of ether oxygens (including phenoxy) is 1. The number of carbonyl (C=O) groups is 1. The summed E-state index contributed by atoms with van der Waals surface area (Å²) in [7, 11) is 1.66. The molecule has 0 spiro atoms. The van der Waals surface area contributed by atoms with Gasteiger partial charge in [0.25, 0.3) is 0 Å². The molecule has 1 aromatic carbocycles. The van der Waals surface area contributed by atoms with E-state index >= 15 is 0 Å². The smallest absolute Gasteiger partial charge is 0.303 e. The van der Waals surface area contributed by atoms with Crippen LogP contribution in [-0.2, 0) is 24.1 Å². The Balaban J connectivity index is 2.39. The maximum absolute atomic E-state index is 10.7. The molecule has 0 aliphatic heterocycles. The van der Waals surface area contributed by atoms with Crippen LogP contribution >= 0.6 is 0 Å². The van der Waals surface area contributed by atoms with Crippen molar-refractivity contribution in [3.8, 4) is 5.75 Å². The first-order chi connectivity index (χ1) is 8.63. The van der Waals surface area contributed by atoms with E-state index in [2.05, 4.69) is 13.0 Å². The lowest BCUT2D eigenvalue weighted by molar-refractivity contribution is -0.136. The Morgan fingerprint density at radius 1 is 1.39 bits per heavy atom. The van der Waals surface area contributed by atoms with Gasteiger partial charge in [-0.15, -0.1) is 0 Å². The molecule has 1 aliphatic carbocycles. The van der Waals surface area contributed by atoms with Crippen molar-refractivity contribution in [2.24, 2.45) is 0 Å². The molecular formula is C15H20O3. The van der Waals surface area contributed by atoms with E-state index in [1.807, 2.05) is 0 Å². The summed E-state index contributed by atoms with van der Waals surface area (Å²) < 4.78 is 5.43. The van der Waals surface area contributed by atoms with Crippen LogP contribution in [0, 0.1) is 6.92 Å². The number of benzene rings is 1. The number of carboxylic acids is 1. The first-order valence-corrected chi connectivity index (χ1v) is 6.53. The van der Waals surface area contributed by atoms with E-state index in [1.54, 1.807) is 7.11 Å². The molecule has 0 atom stereocenters. The van der Waals surface area contributed by atoms with Crippen LogP contribution in [0.5, 0.6) is 5.75 Å². The molecule has 18 heavy (non-hydrogen) atoms. The molecule has 0 aromatic heterocycles. The normalized spacial score (nSPS) is 14.1. The summed E-state index contributed by atoms with van der Waals surface area (Å²) in [5.41, 5.74) is 5.11. The van der Waals surface area contributed by atoms with Crippen LogP contribution in [0.3, 0.4) is 0 Å². The number of hydrogen-bond donors (Lipinski definition) is 1. The van der Waals surface area contributed by atoms with Crippen molar-refractivity contribution in [1.29, 1.82) is 0 Å². The van der Waals surface area contributed by atoms with Gasteiger partial charge in [-0.25, -0.2) is 0 Å². The fourth-order valence-electron chi connectivity index (χ4n) is 2.85. The zero-order chi connectivity index (χ0) is 13.1. The number of carboxylic acid groups (broad SMARTS) is 1. The summed E-state index contributed by atoms with van der Waals surface area (Å²) in [6.07, 6.45) is 5.42. The fourth-order valence-corrected chi connectivity index (χ4v) is 2.85. The van der Waals surface area contributed by atoms with Gasteiger partial charge in [0.1, 0.15) is 5.75 Å². The summed E-state index contributed by atoms with van der Waals surface area (Å²) in [6, 6.07) is 2.11. The Bertz CT molecular complexity index is 463. The standard InChI is InChI=1S/C15H20O3/c1-10-12-6-4-3-5-11(12)9-14(18-2)13(10)7-8-15(16)17/h9H,3-8H2,1-2H3,(H,16,17). The van der Waals surface area contributed by atoms with E-state index in [0.717, 1.165) is 24.2 Å². The van der Waals surface area contributed by atoms with Gasteiger partial charge in [-0.05, 0) is 67.3 Å². The highest BCUT2D eigenvalue weighted by Gasteiger charge is 2.18. The number of aryl methyl sites for hydroxylation is 1. The van der Waals surface area contributed by atoms with Crippen LogP contribution < -0.4 is 4.74 Å². The van der Waals surface area contributed by atoms with Crippen molar-refractivity contribution in [1.82, 2.24) is 0 Å². The van der Waals surface area contributed by atoms with Crippen LogP contribution in [0.2, 0.25) is 0 Å². The SMILES string of the molecule is COc1cc2c(c(C)c1CCC(=O)O)CCCC2. The van der Waals surface area contributed by atoms with Crippen molar-refractivity contribution in [3.05, 3.63) is 28.3 Å². The molecule has 0 heterocycles. The second kappa shape index (κ2) is 5.42. The highest BCUT2D eigenvalue weighted by atomic mass is 16.5. The third-order valence-electron chi connectivity index (χ3n) is 3.83. The lowest BCUT2D eigenvalue weighted by Crippen LogP contribution is -2.10. The number of fused-ring (bicyclic) bond motifs is 1. The second-order valence-electron chi connectivity index (χ2n) is 4.92. The van der Waals surface area contributed by atoms with Crippen LogP contribution in [0.15, 0.2) is 6.07 Å². The van der Waals surface area contributed by atoms with Crippen molar-refractivity contribution in [2.75, 3.05) is 7.11 Å². The van der Waals surface area contributed by atoms with E-state index in [4.69, 9.17) is 9.84 Å². The average Bonchev–Trinajstić information content (AvgIpc) is 2.37. The lowest BCUT2D eigenvalue weighted by atomic mass is 9.85. The molecule has 1 N–H and O–H groups in total. The first-order valence-electron chi connectivity index (χ1n) is 6.53. The quantitative estimate of drug-likeness (QED) is 0.891. The molecule has 98 valence electrons. The van der Waals surface area contributed by atoms with Gasteiger partial charge in [-0.2, -0.15) is 0 Å². The molecule has 0 saturated carbocycles. The van der Waals surface area contributed by atoms with Gasteiger partial charge in [0.05, 0.1) is 7.11 Å². The number of hydrogen-bond acceptors (Lipinski definition) is 2. The molecule has 0 saturated heterocycles. The Hall–Kier alpha value is -1.51. The first kappa shape index (κ1) is 12.9. The Labute approximate surface area is 108 Å². The van der Waals surface area contributed by atoms with E-state index in [-0.39, 0.29) is 6.42 Å². The van der Waals surface area contributed by atoms with Gasteiger partial charge in [0, 0.05) is 6.42 Å². The topological polar surface area (TPSA) is 46.5 Å². The monoisotopic (exact) mass is 248 g/mol. The molecule has 3 heteroatoms. The summed E-state index contributed by atoms with van der Waals surface area (Å²) in [5.74, 6) is 0.101. The maximum atomic E-state index is 10.7. The van der Waals surface area contributed by atoms with E-state index < -0.39 is 5.97 Å². The maximum Gasteiger partial charge on any atom is 0.303 e. The van der Waals surface area contributed by atoms with Crippen LogP contribution in [-0.4, -0.2) is 18.2 Å². The minimum atomic E-state index is -0.755. The average molecular weight is 248 g/mol. The van der Waals surface area contributed by atoms with Crippen molar-refractivity contribution in [3.63, 3.8) is 0 Å². The highest BCUT2D eigenvalue weighted by molar-refractivity contribution is 5.67. The fraction of sp³-hybridized carbons (Fsp3) is 0.533. The number of methoxy groups -OCH3 is 1. The van der Waals surface area contributed by atoms with Gasteiger partial charge in [-0.3, -0.25) is 4.79 Å². The summed E-state index contributed by atoms with van der Waals surface area (Å²) in [5, 5.41) is 8.83. The zero-order valence-electron chi connectivity index (χ0n) is 11.1. The number of aliphatic carboxylic acids is 1. The van der Waals surface area contributed by atoms with Crippen LogP contribution in [0.1, 0.15) is 41.5 Å². The lowest BCUT2D eigenvalue weighted by Gasteiger charge is -2.22. The second-order valence-corrected chi connectivity index (χ2v) is 4.92. The predicted octanol–water partition coefficient (Wildman–Crippen LogP) is 2.90. The van der Waals surface area contributed by atoms with E-state index in [1.165, 1.54) is 29.5 Å². The van der Waals surface area contributed by atoms with Gasteiger partial charge in [0.2, 0.25) is 0 Å². The minimum absolute atomic E-state index is 0.163. The molecule has 2 rings (SSSR count). The molecule has 1 aromatic rings. The summed E-state index contributed by atoms with van der Waals surface area (Å²) >= 11 is 0. The zero-order valence-corrected chi connectivity index (χ0v) is 11.1. The molecule has 0 bridgehead atoms. The molecule has 0 unspecified atom stereocenters. The largest absolute Gasteiger partial charge is 0.496 e. The van der Waals surface area contributed by atoms with Crippen LogP contribution in [0.4, 0.5) is 0 Å². The third kappa shape index (κ3) is 2.50. The van der Waals surface area contributed by atoms with Crippen molar-refractivity contribution >= 4 is 5.97 Å². The molecule has 1 aliphatic rings. The minimum Gasteiger partial charge on any atom is -0.496 e. The van der Waals surface area contributed by atoms with Crippen LogP contribution in [0.25, 0.3) is 0 Å². The Morgan fingerprint density at radius 2 is 2.11 bits per heavy atom. The summed E-state index contributed by atoms with van der Waals surface area (Å²) in [4.78, 5) is 10.7. The highest BCUT2D eigenvalue weighted by Crippen LogP contribution is 2.33. The van der Waals surface area contributed by atoms with Crippen molar-refractivity contribution in [2.45, 2.75) is 45.4 Å².